The highest BCUT2D eigenvalue weighted by Crippen LogP contribution is 2.26. The number of likely N-dealkylation sites (tertiary alicyclic amines) is 1. The molecule has 0 aliphatic carbocycles. The summed E-state index contributed by atoms with van der Waals surface area (Å²) in [5.41, 5.74) is 1.92. The number of carbonyl (C=O) groups is 1. The average Bonchev–Trinajstić information content (AvgIpc) is 2.54. The summed E-state index contributed by atoms with van der Waals surface area (Å²) in [4.78, 5) is 17.0. The van der Waals surface area contributed by atoms with E-state index in [-0.39, 0.29) is 5.91 Å². The van der Waals surface area contributed by atoms with Crippen molar-refractivity contribution < 1.29 is 9.53 Å². The molecule has 0 spiro atoms. The zero-order valence-electron chi connectivity index (χ0n) is 14.7. The van der Waals surface area contributed by atoms with E-state index in [0.29, 0.717) is 6.04 Å². The molecule has 0 aromatic heterocycles. The number of methoxy groups -OCH3 is 1. The molecule has 126 valence electrons. The molecule has 0 radical (unpaired) electrons. The summed E-state index contributed by atoms with van der Waals surface area (Å²) >= 11 is 0. The fourth-order valence-corrected chi connectivity index (χ4v) is 3.22. The van der Waals surface area contributed by atoms with E-state index in [1.165, 1.54) is 6.42 Å². The first-order valence-electron chi connectivity index (χ1n) is 8.30. The summed E-state index contributed by atoms with van der Waals surface area (Å²) in [7, 11) is 5.78. The van der Waals surface area contributed by atoms with Gasteiger partial charge in [-0.3, -0.25) is 4.79 Å². The van der Waals surface area contributed by atoms with Crippen LogP contribution in [0.25, 0.3) is 5.57 Å². The lowest BCUT2D eigenvalue weighted by Gasteiger charge is -2.36. The molecule has 0 bridgehead atoms. The second-order valence-electron chi connectivity index (χ2n) is 6.47. The van der Waals surface area contributed by atoms with Gasteiger partial charge >= 0.3 is 0 Å². The number of hydrogen-bond acceptors (Lipinski definition) is 3. The second-order valence-corrected chi connectivity index (χ2v) is 6.47. The highest BCUT2D eigenvalue weighted by atomic mass is 16.5. The van der Waals surface area contributed by atoms with E-state index in [4.69, 9.17) is 4.74 Å². The van der Waals surface area contributed by atoms with Crippen LogP contribution >= 0.6 is 0 Å². The number of hydrogen-bond donors (Lipinski definition) is 0. The SMILES string of the molecule is COc1ccccc1C(C)=CC(=O)N1CCCCC1CN(C)C. The molecule has 1 atom stereocenters. The van der Waals surface area contributed by atoms with Gasteiger partial charge in [0.25, 0.3) is 0 Å². The lowest BCUT2D eigenvalue weighted by Crippen LogP contribution is -2.47. The Bertz CT molecular complexity index is 566. The molecule has 1 unspecified atom stereocenters. The molecule has 1 aliphatic heterocycles. The number of carbonyl (C=O) groups excluding carboxylic acids is 1. The summed E-state index contributed by atoms with van der Waals surface area (Å²) in [6.07, 6.45) is 5.14. The third-order valence-corrected chi connectivity index (χ3v) is 4.36. The van der Waals surface area contributed by atoms with Crippen molar-refractivity contribution in [3.8, 4) is 5.75 Å². The molecule has 23 heavy (non-hydrogen) atoms. The van der Waals surface area contributed by atoms with Gasteiger partial charge < -0.3 is 14.5 Å². The Balaban J connectivity index is 2.17. The van der Waals surface area contributed by atoms with E-state index < -0.39 is 0 Å². The Morgan fingerprint density at radius 1 is 1.35 bits per heavy atom. The minimum atomic E-state index is 0.111. The Labute approximate surface area is 139 Å². The van der Waals surface area contributed by atoms with Crippen molar-refractivity contribution in [3.63, 3.8) is 0 Å². The zero-order valence-corrected chi connectivity index (χ0v) is 14.7. The Morgan fingerprint density at radius 2 is 2.09 bits per heavy atom. The maximum Gasteiger partial charge on any atom is 0.247 e. The van der Waals surface area contributed by atoms with Gasteiger partial charge in [0, 0.05) is 30.8 Å². The van der Waals surface area contributed by atoms with Gasteiger partial charge in [0.1, 0.15) is 5.75 Å². The molecular weight excluding hydrogens is 288 g/mol. The molecular formula is C19H28N2O2. The van der Waals surface area contributed by atoms with E-state index in [0.717, 1.165) is 42.8 Å². The summed E-state index contributed by atoms with van der Waals surface area (Å²) in [6.45, 7) is 3.75. The molecule has 1 fully saturated rings. The molecule has 4 nitrogen and oxygen atoms in total. The number of nitrogens with zero attached hydrogens (tertiary/aromatic N) is 2. The Morgan fingerprint density at radius 3 is 2.78 bits per heavy atom. The number of allylic oxidation sites excluding steroid dienone is 1. The molecule has 0 N–H and O–H groups in total. The number of ether oxygens (including phenoxy) is 1. The van der Waals surface area contributed by atoms with Crippen LogP contribution in [0, 0.1) is 0 Å². The van der Waals surface area contributed by atoms with Crippen LogP contribution in [-0.4, -0.2) is 56.0 Å². The van der Waals surface area contributed by atoms with Gasteiger partial charge in [0.2, 0.25) is 5.91 Å². The maximum absolute atomic E-state index is 12.8. The quantitative estimate of drug-likeness (QED) is 0.783. The summed E-state index contributed by atoms with van der Waals surface area (Å²) in [6, 6.07) is 8.14. The van der Waals surface area contributed by atoms with Crippen LogP contribution in [0.3, 0.4) is 0 Å². The van der Waals surface area contributed by atoms with Gasteiger partial charge in [-0.15, -0.1) is 0 Å². The molecule has 1 amide bonds. The normalized spacial score (nSPS) is 19.1. The number of benzene rings is 1. The van der Waals surface area contributed by atoms with Crippen LogP contribution in [0.5, 0.6) is 5.75 Å². The number of piperidine rings is 1. The van der Waals surface area contributed by atoms with Crippen LogP contribution in [0.2, 0.25) is 0 Å². The summed E-state index contributed by atoms with van der Waals surface area (Å²) in [5.74, 6) is 0.914. The van der Waals surface area contributed by atoms with Crippen molar-refractivity contribution in [1.29, 1.82) is 0 Å². The fourth-order valence-electron chi connectivity index (χ4n) is 3.22. The Kier molecular flexibility index (Phi) is 6.22. The van der Waals surface area contributed by atoms with E-state index in [1.54, 1.807) is 13.2 Å². The number of amides is 1. The monoisotopic (exact) mass is 316 g/mol. The first-order chi connectivity index (χ1) is 11.0. The molecule has 1 saturated heterocycles. The summed E-state index contributed by atoms with van der Waals surface area (Å²) < 4.78 is 5.39. The highest BCUT2D eigenvalue weighted by molar-refractivity contribution is 5.95. The van der Waals surface area contributed by atoms with Gasteiger partial charge in [-0.2, -0.15) is 0 Å². The molecule has 2 rings (SSSR count). The number of rotatable bonds is 5. The average molecular weight is 316 g/mol. The standard InChI is InChI=1S/C19H28N2O2/c1-15(17-10-5-6-11-18(17)23-4)13-19(22)21-12-8-7-9-16(21)14-20(2)3/h5-6,10-11,13,16H,7-9,12,14H2,1-4H3. The van der Waals surface area contributed by atoms with Gasteiger partial charge in [0.05, 0.1) is 7.11 Å². The van der Waals surface area contributed by atoms with Crippen molar-refractivity contribution in [2.45, 2.75) is 32.2 Å². The minimum Gasteiger partial charge on any atom is -0.496 e. The van der Waals surface area contributed by atoms with Gasteiger partial charge in [-0.25, -0.2) is 0 Å². The molecule has 1 heterocycles. The third kappa shape index (κ3) is 4.58. The Hall–Kier alpha value is -1.81. The molecule has 1 aromatic rings. The van der Waals surface area contributed by atoms with Crippen molar-refractivity contribution in [3.05, 3.63) is 35.9 Å². The van der Waals surface area contributed by atoms with Crippen molar-refractivity contribution in [1.82, 2.24) is 9.80 Å². The van der Waals surface area contributed by atoms with Crippen LogP contribution in [0.4, 0.5) is 0 Å². The maximum atomic E-state index is 12.8. The van der Waals surface area contributed by atoms with Crippen LogP contribution < -0.4 is 4.74 Å². The third-order valence-electron chi connectivity index (χ3n) is 4.36. The minimum absolute atomic E-state index is 0.111. The first kappa shape index (κ1) is 17.5. The van der Waals surface area contributed by atoms with Gasteiger partial charge in [-0.05, 0) is 51.9 Å². The molecule has 4 heteroatoms. The lowest BCUT2D eigenvalue weighted by atomic mass is 10.0. The van der Waals surface area contributed by atoms with Crippen LogP contribution in [0.15, 0.2) is 30.3 Å². The van der Waals surface area contributed by atoms with E-state index in [9.17, 15) is 4.79 Å². The zero-order chi connectivity index (χ0) is 16.8. The van der Waals surface area contributed by atoms with Gasteiger partial charge in [0.15, 0.2) is 0 Å². The largest absolute Gasteiger partial charge is 0.496 e. The predicted molar refractivity (Wildman–Crippen MR) is 94.6 cm³/mol. The topological polar surface area (TPSA) is 32.8 Å². The van der Waals surface area contributed by atoms with Crippen LogP contribution in [-0.2, 0) is 4.79 Å². The van der Waals surface area contributed by atoms with E-state index in [1.807, 2.05) is 36.1 Å². The number of likely N-dealkylation sites (N-methyl/N-ethyl adjacent to an activating group) is 1. The van der Waals surface area contributed by atoms with E-state index in [2.05, 4.69) is 19.0 Å². The predicted octanol–water partition coefficient (Wildman–Crippen LogP) is 3.04. The fraction of sp³-hybridized carbons (Fsp3) is 0.526. The summed E-state index contributed by atoms with van der Waals surface area (Å²) in [5, 5.41) is 0. The second kappa shape index (κ2) is 8.16. The van der Waals surface area contributed by atoms with Crippen LogP contribution in [0.1, 0.15) is 31.7 Å². The van der Waals surface area contributed by atoms with E-state index >= 15 is 0 Å². The van der Waals surface area contributed by atoms with Gasteiger partial charge in [-0.1, -0.05) is 18.2 Å². The van der Waals surface area contributed by atoms with Crippen molar-refractivity contribution >= 4 is 11.5 Å². The smallest absolute Gasteiger partial charge is 0.247 e. The molecule has 1 aromatic carbocycles. The lowest BCUT2D eigenvalue weighted by molar-refractivity contribution is -0.129. The molecule has 0 saturated carbocycles. The van der Waals surface area contributed by atoms with Crippen molar-refractivity contribution in [2.75, 3.05) is 34.3 Å². The molecule has 1 aliphatic rings. The first-order valence-corrected chi connectivity index (χ1v) is 8.30. The highest BCUT2D eigenvalue weighted by Gasteiger charge is 2.26. The van der Waals surface area contributed by atoms with Crippen molar-refractivity contribution in [2.24, 2.45) is 0 Å². The number of para-hydroxylation sites is 1.